The Hall–Kier alpha value is -2.31. The Kier molecular flexibility index (Phi) is 3.40. The third kappa shape index (κ3) is 2.51. The quantitative estimate of drug-likeness (QED) is 0.710. The Morgan fingerprint density at radius 1 is 1.19 bits per heavy atom. The van der Waals surface area contributed by atoms with Gasteiger partial charge in [-0.25, -0.2) is 4.98 Å². The summed E-state index contributed by atoms with van der Waals surface area (Å²) in [4.78, 5) is 4.45. The summed E-state index contributed by atoms with van der Waals surface area (Å²) in [6, 6.07) is 11.7. The minimum atomic E-state index is 0.575. The molecule has 0 spiro atoms. The van der Waals surface area contributed by atoms with E-state index in [9.17, 15) is 0 Å². The van der Waals surface area contributed by atoms with Gasteiger partial charge >= 0.3 is 0 Å². The van der Waals surface area contributed by atoms with Gasteiger partial charge in [-0.15, -0.1) is 0 Å². The first-order valence-corrected chi connectivity index (χ1v) is 7.07. The smallest absolute Gasteiger partial charge is 0.0992 e. The van der Waals surface area contributed by atoms with Crippen LogP contribution in [-0.4, -0.2) is 9.55 Å². The van der Waals surface area contributed by atoms with E-state index in [4.69, 9.17) is 16.9 Å². The zero-order chi connectivity index (χ0) is 15.0. The lowest BCUT2D eigenvalue weighted by atomic mass is 10.1. The Labute approximate surface area is 128 Å². The monoisotopic (exact) mass is 295 g/mol. The van der Waals surface area contributed by atoms with Crippen LogP contribution < -0.4 is 0 Å². The lowest BCUT2D eigenvalue weighted by Crippen LogP contribution is -1.99. The van der Waals surface area contributed by atoms with Crippen molar-refractivity contribution in [1.29, 1.82) is 5.26 Å². The summed E-state index contributed by atoms with van der Waals surface area (Å²) in [5, 5.41) is 9.49. The van der Waals surface area contributed by atoms with Crippen molar-refractivity contribution in [2.75, 3.05) is 0 Å². The van der Waals surface area contributed by atoms with Gasteiger partial charge in [-0.1, -0.05) is 17.7 Å². The number of nitriles is 1. The number of hydrogen-bond donors (Lipinski definition) is 0. The van der Waals surface area contributed by atoms with Crippen molar-refractivity contribution in [3.8, 4) is 6.07 Å². The number of aryl methyl sites for hydroxylation is 2. The molecular weight excluding hydrogens is 282 g/mol. The summed E-state index contributed by atoms with van der Waals surface area (Å²) in [6.45, 7) is 4.83. The summed E-state index contributed by atoms with van der Waals surface area (Å²) in [5.41, 5.74) is 6.12. The lowest BCUT2D eigenvalue weighted by Gasteiger charge is -2.08. The molecule has 21 heavy (non-hydrogen) atoms. The first-order chi connectivity index (χ1) is 10.1. The van der Waals surface area contributed by atoms with E-state index in [0.29, 0.717) is 17.1 Å². The molecule has 0 aliphatic heterocycles. The first kappa shape index (κ1) is 13.7. The maximum atomic E-state index is 8.88. The first-order valence-electron chi connectivity index (χ1n) is 6.69. The molecule has 2 aromatic carbocycles. The van der Waals surface area contributed by atoms with Crippen molar-refractivity contribution in [1.82, 2.24) is 9.55 Å². The number of rotatable bonds is 2. The van der Waals surface area contributed by atoms with Crippen molar-refractivity contribution < 1.29 is 0 Å². The number of hydrogen-bond acceptors (Lipinski definition) is 2. The minimum Gasteiger partial charge on any atom is -0.326 e. The third-order valence-electron chi connectivity index (χ3n) is 3.76. The molecule has 3 rings (SSSR count). The van der Waals surface area contributed by atoms with Crippen molar-refractivity contribution in [3.63, 3.8) is 0 Å². The molecular formula is C17H14ClN3. The molecule has 1 aromatic heterocycles. The molecule has 0 N–H and O–H groups in total. The summed E-state index contributed by atoms with van der Waals surface area (Å²) < 4.78 is 2.08. The summed E-state index contributed by atoms with van der Waals surface area (Å²) >= 11 is 6.25. The van der Waals surface area contributed by atoms with Gasteiger partial charge < -0.3 is 4.57 Å². The molecule has 3 aromatic rings. The van der Waals surface area contributed by atoms with Gasteiger partial charge in [0.25, 0.3) is 0 Å². The Bertz CT molecular complexity index is 872. The highest BCUT2D eigenvalue weighted by atomic mass is 35.5. The molecule has 0 aliphatic carbocycles. The fraction of sp³-hybridized carbons (Fsp3) is 0.176. The second kappa shape index (κ2) is 5.23. The second-order valence-electron chi connectivity index (χ2n) is 5.22. The van der Waals surface area contributed by atoms with Crippen molar-refractivity contribution in [2.45, 2.75) is 20.4 Å². The molecule has 3 nitrogen and oxygen atoms in total. The predicted molar refractivity (Wildman–Crippen MR) is 84.5 cm³/mol. The van der Waals surface area contributed by atoms with Gasteiger partial charge in [0.2, 0.25) is 0 Å². The third-order valence-corrected chi connectivity index (χ3v) is 4.11. The standard InChI is InChI=1S/C17H14ClN3/c1-11-5-16-17(6-12(11)2)21(10-20-16)9-14-4-3-13(8-19)7-15(14)18/h3-7,10H,9H2,1-2H3. The van der Waals surface area contributed by atoms with Crippen LogP contribution in [0, 0.1) is 25.2 Å². The summed E-state index contributed by atoms with van der Waals surface area (Å²) in [5.74, 6) is 0. The lowest BCUT2D eigenvalue weighted by molar-refractivity contribution is 0.824. The zero-order valence-corrected chi connectivity index (χ0v) is 12.6. The van der Waals surface area contributed by atoms with Crippen LogP contribution in [0.5, 0.6) is 0 Å². The maximum Gasteiger partial charge on any atom is 0.0992 e. The topological polar surface area (TPSA) is 41.6 Å². The molecule has 0 bridgehead atoms. The van der Waals surface area contributed by atoms with Gasteiger partial charge in [-0.3, -0.25) is 0 Å². The van der Waals surface area contributed by atoms with E-state index in [0.717, 1.165) is 16.6 Å². The summed E-state index contributed by atoms with van der Waals surface area (Å²) in [7, 11) is 0. The normalized spacial score (nSPS) is 10.8. The van der Waals surface area contributed by atoms with Crippen LogP contribution in [0.15, 0.2) is 36.7 Å². The van der Waals surface area contributed by atoms with Gasteiger partial charge in [0.15, 0.2) is 0 Å². The van der Waals surface area contributed by atoms with E-state index in [1.165, 1.54) is 11.1 Å². The van der Waals surface area contributed by atoms with Gasteiger partial charge in [0.05, 0.1) is 35.5 Å². The van der Waals surface area contributed by atoms with E-state index in [1.807, 2.05) is 12.4 Å². The molecule has 104 valence electrons. The van der Waals surface area contributed by atoms with Crippen LogP contribution >= 0.6 is 11.6 Å². The van der Waals surface area contributed by atoms with Crippen LogP contribution in [0.25, 0.3) is 11.0 Å². The highest BCUT2D eigenvalue weighted by molar-refractivity contribution is 6.31. The Morgan fingerprint density at radius 3 is 2.67 bits per heavy atom. The molecule has 0 saturated heterocycles. The zero-order valence-electron chi connectivity index (χ0n) is 11.9. The van der Waals surface area contributed by atoms with Crippen LogP contribution in [-0.2, 0) is 6.54 Å². The van der Waals surface area contributed by atoms with Crippen LogP contribution in [0.2, 0.25) is 5.02 Å². The Morgan fingerprint density at radius 2 is 1.95 bits per heavy atom. The number of aromatic nitrogens is 2. The maximum absolute atomic E-state index is 8.88. The number of benzene rings is 2. The summed E-state index contributed by atoms with van der Waals surface area (Å²) in [6.07, 6.45) is 1.83. The number of halogens is 1. The average Bonchev–Trinajstić information content (AvgIpc) is 2.84. The van der Waals surface area contributed by atoms with Crippen LogP contribution in [0.3, 0.4) is 0 Å². The molecule has 0 amide bonds. The number of imidazole rings is 1. The van der Waals surface area contributed by atoms with Crippen LogP contribution in [0.1, 0.15) is 22.3 Å². The Balaban J connectivity index is 2.03. The van der Waals surface area contributed by atoms with Gasteiger partial charge in [0, 0.05) is 5.02 Å². The van der Waals surface area contributed by atoms with Gasteiger partial charge in [0.1, 0.15) is 0 Å². The molecule has 4 heteroatoms. The highest BCUT2D eigenvalue weighted by Crippen LogP contribution is 2.23. The van der Waals surface area contributed by atoms with Gasteiger partial charge in [-0.2, -0.15) is 5.26 Å². The predicted octanol–water partition coefficient (Wildman–Crippen LogP) is 4.23. The second-order valence-corrected chi connectivity index (χ2v) is 5.62. The van der Waals surface area contributed by atoms with E-state index in [2.05, 4.69) is 41.6 Å². The number of fused-ring (bicyclic) bond motifs is 1. The van der Waals surface area contributed by atoms with E-state index >= 15 is 0 Å². The highest BCUT2D eigenvalue weighted by Gasteiger charge is 2.08. The average molecular weight is 296 g/mol. The fourth-order valence-electron chi connectivity index (χ4n) is 2.37. The van der Waals surface area contributed by atoms with E-state index < -0.39 is 0 Å². The molecule has 0 atom stereocenters. The molecule has 0 aliphatic rings. The van der Waals surface area contributed by atoms with Crippen molar-refractivity contribution in [3.05, 3.63) is 63.9 Å². The molecule has 0 radical (unpaired) electrons. The van der Waals surface area contributed by atoms with Crippen molar-refractivity contribution in [2.24, 2.45) is 0 Å². The van der Waals surface area contributed by atoms with Crippen molar-refractivity contribution >= 4 is 22.6 Å². The largest absolute Gasteiger partial charge is 0.326 e. The van der Waals surface area contributed by atoms with Gasteiger partial charge in [-0.05, 0) is 54.8 Å². The molecule has 0 fully saturated rings. The fourth-order valence-corrected chi connectivity index (χ4v) is 2.61. The van der Waals surface area contributed by atoms with E-state index in [1.54, 1.807) is 12.1 Å². The molecule has 1 heterocycles. The molecule has 0 saturated carbocycles. The van der Waals surface area contributed by atoms with E-state index in [-0.39, 0.29) is 0 Å². The minimum absolute atomic E-state index is 0.575. The SMILES string of the molecule is Cc1cc2ncn(Cc3ccc(C#N)cc3Cl)c2cc1C. The number of nitrogens with zero attached hydrogens (tertiary/aromatic N) is 3. The molecule has 0 unspecified atom stereocenters. The van der Waals surface area contributed by atoms with Crippen LogP contribution in [0.4, 0.5) is 0 Å².